The van der Waals surface area contributed by atoms with Crippen molar-refractivity contribution in [3.63, 3.8) is 0 Å². The number of halogens is 2. The lowest BCUT2D eigenvalue weighted by Crippen LogP contribution is -2.33. The predicted octanol–water partition coefficient (Wildman–Crippen LogP) is 4.89. The summed E-state index contributed by atoms with van der Waals surface area (Å²) >= 11 is 12.1. The molecule has 0 spiro atoms. The largest absolute Gasteiger partial charge is 0.354 e. The highest BCUT2D eigenvalue weighted by Crippen LogP contribution is 2.33. The van der Waals surface area contributed by atoms with Gasteiger partial charge in [-0.25, -0.2) is 0 Å². The topological polar surface area (TPSA) is 46.9 Å². The van der Waals surface area contributed by atoms with Crippen molar-refractivity contribution in [1.82, 2.24) is 15.1 Å². The molecule has 0 saturated heterocycles. The molecule has 0 saturated carbocycles. The second-order valence-corrected chi connectivity index (χ2v) is 7.38. The van der Waals surface area contributed by atoms with E-state index in [4.69, 9.17) is 23.2 Å². The van der Waals surface area contributed by atoms with Crippen LogP contribution in [0, 0.1) is 0 Å². The third-order valence-corrected chi connectivity index (χ3v) is 5.19. The van der Waals surface area contributed by atoms with Crippen LogP contribution in [-0.4, -0.2) is 22.2 Å². The third kappa shape index (κ3) is 5.34. The minimum absolute atomic E-state index is 0.0685. The van der Waals surface area contributed by atoms with Crippen molar-refractivity contribution in [3.8, 4) is 0 Å². The summed E-state index contributed by atoms with van der Waals surface area (Å²) in [6, 6.07) is 17.4. The standard InChI is InChI=1S/C21H21Cl2N3O/c1-15(16-3-7-18(22)8-4-16)20(17-5-9-19(23)10-6-17)13-24-21(27)14-26-12-2-11-25-26/h2-12,15,20H,13-14H2,1H3,(H,24,27). The van der Waals surface area contributed by atoms with Gasteiger partial charge in [-0.05, 0) is 47.4 Å². The fourth-order valence-corrected chi connectivity index (χ4v) is 3.36. The molecule has 0 aliphatic carbocycles. The molecule has 1 N–H and O–H groups in total. The summed E-state index contributed by atoms with van der Waals surface area (Å²) in [6.07, 6.45) is 3.43. The van der Waals surface area contributed by atoms with Gasteiger partial charge in [0.25, 0.3) is 0 Å². The lowest BCUT2D eigenvalue weighted by atomic mass is 9.82. The molecular weight excluding hydrogens is 381 g/mol. The molecule has 3 aromatic rings. The molecule has 1 amide bonds. The van der Waals surface area contributed by atoms with Gasteiger partial charge in [0.05, 0.1) is 0 Å². The van der Waals surface area contributed by atoms with Crippen LogP contribution < -0.4 is 5.32 Å². The average Bonchev–Trinajstić information content (AvgIpc) is 3.16. The Morgan fingerprint density at radius 2 is 1.63 bits per heavy atom. The highest BCUT2D eigenvalue weighted by Gasteiger charge is 2.22. The summed E-state index contributed by atoms with van der Waals surface area (Å²) in [6.45, 7) is 2.88. The Labute approximate surface area is 169 Å². The minimum Gasteiger partial charge on any atom is -0.354 e. The number of aromatic nitrogens is 2. The van der Waals surface area contributed by atoms with E-state index in [-0.39, 0.29) is 24.3 Å². The highest BCUT2D eigenvalue weighted by atomic mass is 35.5. The van der Waals surface area contributed by atoms with E-state index >= 15 is 0 Å². The Morgan fingerprint density at radius 3 is 2.19 bits per heavy atom. The second-order valence-electron chi connectivity index (χ2n) is 6.51. The van der Waals surface area contributed by atoms with Crippen molar-refractivity contribution in [2.75, 3.05) is 6.54 Å². The normalized spacial score (nSPS) is 13.1. The van der Waals surface area contributed by atoms with Crippen LogP contribution in [0.2, 0.25) is 10.0 Å². The Bertz CT molecular complexity index is 861. The molecule has 0 fully saturated rings. The maximum absolute atomic E-state index is 12.3. The van der Waals surface area contributed by atoms with E-state index in [1.54, 1.807) is 23.1 Å². The van der Waals surface area contributed by atoms with E-state index in [1.165, 1.54) is 5.56 Å². The molecule has 6 heteroatoms. The van der Waals surface area contributed by atoms with Crippen LogP contribution in [-0.2, 0) is 11.3 Å². The van der Waals surface area contributed by atoms with Crippen LogP contribution >= 0.6 is 23.2 Å². The number of nitrogens with zero attached hydrogens (tertiary/aromatic N) is 2. The van der Waals surface area contributed by atoms with Crippen LogP contribution in [0.5, 0.6) is 0 Å². The third-order valence-electron chi connectivity index (χ3n) is 4.68. The lowest BCUT2D eigenvalue weighted by Gasteiger charge is -2.25. The van der Waals surface area contributed by atoms with Gasteiger partial charge in [0, 0.05) is 34.9 Å². The second kappa shape index (κ2) is 9.07. The molecule has 2 aromatic carbocycles. The Morgan fingerprint density at radius 1 is 1.04 bits per heavy atom. The van der Waals surface area contributed by atoms with Crippen LogP contribution in [0.25, 0.3) is 0 Å². The van der Waals surface area contributed by atoms with Crippen molar-refractivity contribution in [2.45, 2.75) is 25.3 Å². The van der Waals surface area contributed by atoms with Gasteiger partial charge in [0.15, 0.2) is 0 Å². The number of carbonyl (C=O) groups is 1. The summed E-state index contributed by atoms with van der Waals surface area (Å²) in [5, 5.41) is 8.51. The number of carbonyl (C=O) groups excluding carboxylic acids is 1. The van der Waals surface area contributed by atoms with E-state index in [9.17, 15) is 4.79 Å². The van der Waals surface area contributed by atoms with Crippen molar-refractivity contribution >= 4 is 29.1 Å². The lowest BCUT2D eigenvalue weighted by molar-refractivity contribution is -0.121. The maximum Gasteiger partial charge on any atom is 0.241 e. The van der Waals surface area contributed by atoms with Gasteiger partial charge in [-0.15, -0.1) is 0 Å². The van der Waals surface area contributed by atoms with E-state index in [1.807, 2.05) is 48.5 Å². The summed E-state index contributed by atoms with van der Waals surface area (Å²) in [5.41, 5.74) is 2.29. The molecule has 0 aliphatic rings. The van der Waals surface area contributed by atoms with E-state index in [2.05, 4.69) is 17.3 Å². The summed E-state index contributed by atoms with van der Waals surface area (Å²) in [4.78, 5) is 12.3. The van der Waals surface area contributed by atoms with E-state index < -0.39 is 0 Å². The molecule has 3 rings (SSSR count). The van der Waals surface area contributed by atoms with Crippen molar-refractivity contribution < 1.29 is 4.79 Å². The molecule has 0 bridgehead atoms. The Kier molecular flexibility index (Phi) is 6.54. The molecular formula is C21H21Cl2N3O. The van der Waals surface area contributed by atoms with Gasteiger partial charge in [0.1, 0.15) is 6.54 Å². The van der Waals surface area contributed by atoms with Gasteiger partial charge >= 0.3 is 0 Å². The van der Waals surface area contributed by atoms with Gasteiger partial charge in [-0.1, -0.05) is 54.4 Å². The van der Waals surface area contributed by atoms with Crippen LogP contribution in [0.4, 0.5) is 0 Å². The monoisotopic (exact) mass is 401 g/mol. The number of hydrogen-bond acceptors (Lipinski definition) is 2. The predicted molar refractivity (Wildman–Crippen MR) is 109 cm³/mol. The van der Waals surface area contributed by atoms with Crippen molar-refractivity contribution in [2.24, 2.45) is 0 Å². The first kappa shape index (κ1) is 19.5. The summed E-state index contributed by atoms with van der Waals surface area (Å²) in [5.74, 6) is 0.222. The quantitative estimate of drug-likeness (QED) is 0.612. The smallest absolute Gasteiger partial charge is 0.241 e. The van der Waals surface area contributed by atoms with Crippen LogP contribution in [0.1, 0.15) is 29.9 Å². The Hall–Kier alpha value is -2.30. The molecule has 0 radical (unpaired) electrons. The van der Waals surface area contributed by atoms with Crippen LogP contribution in [0.3, 0.4) is 0 Å². The zero-order chi connectivity index (χ0) is 19.2. The fourth-order valence-electron chi connectivity index (χ4n) is 3.11. The Balaban J connectivity index is 1.75. The summed E-state index contributed by atoms with van der Waals surface area (Å²) in [7, 11) is 0. The van der Waals surface area contributed by atoms with Crippen LogP contribution in [0.15, 0.2) is 67.0 Å². The number of amides is 1. The fraction of sp³-hybridized carbons (Fsp3) is 0.238. The van der Waals surface area contributed by atoms with E-state index in [0.29, 0.717) is 16.6 Å². The zero-order valence-corrected chi connectivity index (χ0v) is 16.5. The molecule has 2 unspecified atom stereocenters. The summed E-state index contributed by atoms with van der Waals surface area (Å²) < 4.78 is 1.61. The first-order valence-electron chi connectivity index (χ1n) is 8.78. The zero-order valence-electron chi connectivity index (χ0n) is 15.0. The highest BCUT2D eigenvalue weighted by molar-refractivity contribution is 6.30. The number of nitrogens with one attached hydrogen (secondary N) is 1. The minimum atomic E-state index is -0.0685. The van der Waals surface area contributed by atoms with Gasteiger partial charge < -0.3 is 5.32 Å². The number of benzene rings is 2. The number of rotatable bonds is 7. The molecule has 2 atom stereocenters. The molecule has 4 nitrogen and oxygen atoms in total. The molecule has 1 heterocycles. The molecule has 1 aromatic heterocycles. The maximum atomic E-state index is 12.3. The molecule has 27 heavy (non-hydrogen) atoms. The first-order valence-corrected chi connectivity index (χ1v) is 9.53. The number of hydrogen-bond donors (Lipinski definition) is 1. The van der Waals surface area contributed by atoms with Gasteiger partial charge in [0.2, 0.25) is 5.91 Å². The van der Waals surface area contributed by atoms with Crippen molar-refractivity contribution in [3.05, 3.63) is 88.2 Å². The SMILES string of the molecule is CC(c1ccc(Cl)cc1)C(CNC(=O)Cn1cccn1)c1ccc(Cl)cc1. The molecule has 140 valence electrons. The first-order chi connectivity index (χ1) is 13.0. The van der Waals surface area contributed by atoms with Crippen molar-refractivity contribution in [1.29, 1.82) is 0 Å². The average molecular weight is 402 g/mol. The van der Waals surface area contributed by atoms with Gasteiger partial charge in [-0.2, -0.15) is 5.10 Å². The van der Waals surface area contributed by atoms with E-state index in [0.717, 1.165) is 5.56 Å². The van der Waals surface area contributed by atoms with Gasteiger partial charge in [-0.3, -0.25) is 9.48 Å². The molecule has 0 aliphatic heterocycles.